The van der Waals surface area contributed by atoms with Gasteiger partial charge in [0.2, 0.25) is 0 Å². The van der Waals surface area contributed by atoms with Gasteiger partial charge in [-0.2, -0.15) is 0 Å². The molecule has 0 saturated carbocycles. The van der Waals surface area contributed by atoms with Crippen molar-refractivity contribution in [2.24, 2.45) is 5.73 Å². The van der Waals surface area contributed by atoms with Crippen molar-refractivity contribution in [3.63, 3.8) is 0 Å². The van der Waals surface area contributed by atoms with Crippen LogP contribution < -0.4 is 5.73 Å². The van der Waals surface area contributed by atoms with Gasteiger partial charge in [0, 0.05) is 17.0 Å². The van der Waals surface area contributed by atoms with Gasteiger partial charge in [0.15, 0.2) is 0 Å². The topological polar surface area (TPSA) is 76.2 Å². The Morgan fingerprint density at radius 3 is 2.56 bits per heavy atom. The third-order valence-corrected chi connectivity index (χ3v) is 1.78. The number of nitrogens with one attached hydrogen (secondary N) is 1. The summed E-state index contributed by atoms with van der Waals surface area (Å²) in [6, 6.07) is 6.75. The minimum atomic E-state index is -0.543. The molecule has 1 aromatic rings. The monoisotopic (exact) mass is 216 g/mol. The van der Waals surface area contributed by atoms with Gasteiger partial charge in [0.1, 0.15) is 5.84 Å². The maximum atomic E-state index is 10.9. The van der Waals surface area contributed by atoms with E-state index >= 15 is 0 Å². The molecule has 4 nitrogen and oxygen atoms in total. The first-order chi connectivity index (χ1) is 7.63. The second kappa shape index (κ2) is 5.56. The SMILES string of the molecule is CCOC(=O)C#Cc1ccc(C(=N)N)cc1. The maximum absolute atomic E-state index is 10.9. The molecule has 0 fully saturated rings. The van der Waals surface area contributed by atoms with Gasteiger partial charge < -0.3 is 10.5 Å². The lowest BCUT2D eigenvalue weighted by molar-refractivity contribution is -0.136. The van der Waals surface area contributed by atoms with Crippen LogP contribution in [0.2, 0.25) is 0 Å². The average molecular weight is 216 g/mol. The summed E-state index contributed by atoms with van der Waals surface area (Å²) >= 11 is 0. The van der Waals surface area contributed by atoms with Crippen LogP contribution in [0.1, 0.15) is 18.1 Å². The predicted molar refractivity (Wildman–Crippen MR) is 61.0 cm³/mol. The fraction of sp³-hybridized carbons (Fsp3) is 0.167. The number of esters is 1. The van der Waals surface area contributed by atoms with Gasteiger partial charge in [0.05, 0.1) is 6.61 Å². The molecule has 0 spiro atoms. The van der Waals surface area contributed by atoms with Gasteiger partial charge in [-0.25, -0.2) is 4.79 Å². The molecule has 0 aliphatic heterocycles. The van der Waals surface area contributed by atoms with E-state index in [1.54, 1.807) is 31.2 Å². The van der Waals surface area contributed by atoms with Gasteiger partial charge in [-0.3, -0.25) is 5.41 Å². The normalized spacial score (nSPS) is 8.81. The largest absolute Gasteiger partial charge is 0.456 e. The van der Waals surface area contributed by atoms with E-state index < -0.39 is 5.97 Å². The summed E-state index contributed by atoms with van der Waals surface area (Å²) in [5.74, 6) is 4.47. The molecular weight excluding hydrogens is 204 g/mol. The van der Waals surface area contributed by atoms with Gasteiger partial charge in [0.25, 0.3) is 0 Å². The number of amidine groups is 1. The number of nitrogens with two attached hydrogens (primary N) is 1. The third-order valence-electron chi connectivity index (χ3n) is 1.78. The molecule has 3 N–H and O–H groups in total. The number of carbonyl (C=O) groups excluding carboxylic acids is 1. The molecule has 0 heterocycles. The summed E-state index contributed by atoms with van der Waals surface area (Å²) in [6.07, 6.45) is 0. The Bertz CT molecular complexity index is 452. The lowest BCUT2D eigenvalue weighted by Crippen LogP contribution is -2.10. The first kappa shape index (κ1) is 11.8. The number of ether oxygens (including phenoxy) is 1. The molecule has 0 aliphatic carbocycles. The molecule has 1 rings (SSSR count). The van der Waals surface area contributed by atoms with Crippen LogP contribution in [-0.2, 0) is 9.53 Å². The first-order valence-corrected chi connectivity index (χ1v) is 4.76. The highest BCUT2D eigenvalue weighted by atomic mass is 16.5. The van der Waals surface area contributed by atoms with Crippen LogP contribution in [0, 0.1) is 17.3 Å². The lowest BCUT2D eigenvalue weighted by atomic mass is 10.1. The maximum Gasteiger partial charge on any atom is 0.384 e. The van der Waals surface area contributed by atoms with Crippen LogP contribution in [0.5, 0.6) is 0 Å². The highest BCUT2D eigenvalue weighted by Gasteiger charge is 1.96. The van der Waals surface area contributed by atoms with Gasteiger partial charge in [-0.15, -0.1) is 0 Å². The van der Waals surface area contributed by atoms with Gasteiger partial charge in [-0.1, -0.05) is 18.1 Å². The highest BCUT2D eigenvalue weighted by Crippen LogP contribution is 2.02. The Morgan fingerprint density at radius 2 is 2.06 bits per heavy atom. The Kier molecular flexibility index (Phi) is 4.10. The zero-order valence-corrected chi connectivity index (χ0v) is 8.91. The predicted octanol–water partition coefficient (Wildman–Crippen LogP) is 0.885. The Labute approximate surface area is 93.9 Å². The summed E-state index contributed by atoms with van der Waals surface area (Å²) in [4.78, 5) is 10.9. The van der Waals surface area contributed by atoms with E-state index in [9.17, 15) is 4.79 Å². The molecule has 0 aromatic heterocycles. The van der Waals surface area contributed by atoms with Crippen LogP contribution in [0.25, 0.3) is 0 Å². The fourth-order valence-electron chi connectivity index (χ4n) is 1.02. The molecule has 0 aliphatic rings. The van der Waals surface area contributed by atoms with Gasteiger partial charge >= 0.3 is 5.97 Å². The number of rotatable bonds is 2. The molecule has 82 valence electrons. The zero-order chi connectivity index (χ0) is 12.0. The first-order valence-electron chi connectivity index (χ1n) is 4.76. The minimum Gasteiger partial charge on any atom is -0.456 e. The second-order valence-electron chi connectivity index (χ2n) is 2.96. The van der Waals surface area contributed by atoms with E-state index in [0.717, 1.165) is 0 Å². The summed E-state index contributed by atoms with van der Waals surface area (Å²) in [7, 11) is 0. The van der Waals surface area contributed by atoms with E-state index in [-0.39, 0.29) is 5.84 Å². The van der Waals surface area contributed by atoms with Crippen molar-refractivity contribution >= 4 is 11.8 Å². The molecule has 0 unspecified atom stereocenters. The highest BCUT2D eigenvalue weighted by molar-refractivity contribution is 5.95. The number of carbonyl (C=O) groups is 1. The second-order valence-corrected chi connectivity index (χ2v) is 2.96. The van der Waals surface area contributed by atoms with Crippen molar-refractivity contribution in [2.75, 3.05) is 6.61 Å². The van der Waals surface area contributed by atoms with Crippen molar-refractivity contribution < 1.29 is 9.53 Å². The molecule has 0 atom stereocenters. The molecule has 0 bridgehead atoms. The Balaban J connectivity index is 2.75. The van der Waals surface area contributed by atoms with E-state index in [2.05, 4.69) is 16.6 Å². The van der Waals surface area contributed by atoms with Crippen LogP contribution in [-0.4, -0.2) is 18.4 Å². The van der Waals surface area contributed by atoms with E-state index in [1.165, 1.54) is 0 Å². The molecule has 0 radical (unpaired) electrons. The standard InChI is InChI=1S/C12H12N2O2/c1-2-16-11(15)8-5-9-3-6-10(7-4-9)12(13)14/h3-4,6-7H,2H2,1H3,(H3,13,14). The summed E-state index contributed by atoms with van der Waals surface area (Å²) < 4.78 is 4.66. The van der Waals surface area contributed by atoms with Crippen LogP contribution in [0.4, 0.5) is 0 Å². The zero-order valence-electron chi connectivity index (χ0n) is 8.91. The van der Waals surface area contributed by atoms with Crippen molar-refractivity contribution in [1.82, 2.24) is 0 Å². The molecule has 16 heavy (non-hydrogen) atoms. The van der Waals surface area contributed by atoms with Gasteiger partial charge in [-0.05, 0) is 19.1 Å². The quantitative estimate of drug-likeness (QED) is 0.333. The number of nitrogen functional groups attached to an aromatic ring is 1. The molecule has 4 heteroatoms. The van der Waals surface area contributed by atoms with Crippen molar-refractivity contribution in [1.29, 1.82) is 5.41 Å². The van der Waals surface area contributed by atoms with Crippen LogP contribution >= 0.6 is 0 Å². The fourth-order valence-corrected chi connectivity index (χ4v) is 1.02. The van der Waals surface area contributed by atoms with Crippen LogP contribution in [0.15, 0.2) is 24.3 Å². The van der Waals surface area contributed by atoms with Crippen molar-refractivity contribution in [3.8, 4) is 11.8 Å². The Hall–Kier alpha value is -2.28. The summed E-state index contributed by atoms with van der Waals surface area (Å²) in [5, 5.41) is 7.20. The Morgan fingerprint density at radius 1 is 1.44 bits per heavy atom. The summed E-state index contributed by atoms with van der Waals surface area (Å²) in [6.45, 7) is 2.04. The number of hydrogen-bond donors (Lipinski definition) is 2. The number of hydrogen-bond acceptors (Lipinski definition) is 3. The molecular formula is C12H12N2O2. The van der Waals surface area contributed by atoms with Crippen LogP contribution in [0.3, 0.4) is 0 Å². The van der Waals surface area contributed by atoms with E-state index in [0.29, 0.717) is 17.7 Å². The van der Waals surface area contributed by atoms with Crippen molar-refractivity contribution in [2.45, 2.75) is 6.92 Å². The minimum absolute atomic E-state index is 0.00454. The van der Waals surface area contributed by atoms with E-state index in [1.807, 2.05) is 0 Å². The molecule has 0 amide bonds. The third kappa shape index (κ3) is 3.46. The molecule has 0 saturated heterocycles. The summed E-state index contributed by atoms with van der Waals surface area (Å²) in [5.41, 5.74) is 6.60. The number of benzene rings is 1. The lowest BCUT2D eigenvalue weighted by Gasteiger charge is -1.96. The smallest absolute Gasteiger partial charge is 0.384 e. The van der Waals surface area contributed by atoms with Crippen molar-refractivity contribution in [3.05, 3.63) is 35.4 Å². The average Bonchev–Trinajstić information content (AvgIpc) is 2.27. The van der Waals surface area contributed by atoms with E-state index in [4.69, 9.17) is 11.1 Å². The molecule has 1 aromatic carbocycles.